The zero-order valence-electron chi connectivity index (χ0n) is 10.8. The van der Waals surface area contributed by atoms with Gasteiger partial charge in [-0.05, 0) is 31.2 Å². The number of aryl methyl sites for hydroxylation is 1. The van der Waals surface area contributed by atoms with Crippen molar-refractivity contribution in [2.45, 2.75) is 17.6 Å². The zero-order valence-corrected chi connectivity index (χ0v) is 13.2. The molecule has 1 aromatic heterocycles. The van der Waals surface area contributed by atoms with Gasteiger partial charge in [0, 0.05) is 9.37 Å². The van der Waals surface area contributed by atoms with E-state index >= 15 is 0 Å². The standard InChI is InChI=1S/C13H13BrN4OS/c1-7-11(13(16)19)12(15)18-10(17-7)6-20-9-4-2-8(14)3-5-9/h2-5H,6H2,1H3,(H2,16,19)(H2,15,17,18). The number of nitrogens with zero attached hydrogens (tertiary/aromatic N) is 2. The molecule has 2 rings (SSSR count). The van der Waals surface area contributed by atoms with Gasteiger partial charge in [-0.25, -0.2) is 9.97 Å². The maximum atomic E-state index is 11.2. The Balaban J connectivity index is 2.14. The number of thioether (sulfide) groups is 1. The van der Waals surface area contributed by atoms with Gasteiger partial charge in [-0.15, -0.1) is 11.8 Å². The lowest BCUT2D eigenvalue weighted by atomic mass is 10.2. The van der Waals surface area contributed by atoms with Crippen LogP contribution in [0.25, 0.3) is 0 Å². The predicted molar refractivity (Wildman–Crippen MR) is 83.4 cm³/mol. The van der Waals surface area contributed by atoms with Crippen molar-refractivity contribution in [1.82, 2.24) is 9.97 Å². The van der Waals surface area contributed by atoms with Gasteiger partial charge >= 0.3 is 0 Å². The van der Waals surface area contributed by atoms with Gasteiger partial charge in [-0.3, -0.25) is 4.79 Å². The SMILES string of the molecule is Cc1nc(CSc2ccc(Br)cc2)nc(N)c1C(N)=O. The third kappa shape index (κ3) is 3.49. The molecule has 1 heterocycles. The average molecular weight is 353 g/mol. The number of aromatic nitrogens is 2. The summed E-state index contributed by atoms with van der Waals surface area (Å²) in [6.45, 7) is 1.70. The summed E-state index contributed by atoms with van der Waals surface area (Å²) in [4.78, 5) is 20.7. The van der Waals surface area contributed by atoms with Crippen molar-refractivity contribution in [3.63, 3.8) is 0 Å². The molecule has 0 aliphatic heterocycles. The smallest absolute Gasteiger partial charge is 0.254 e. The van der Waals surface area contributed by atoms with Gasteiger partial charge in [-0.2, -0.15) is 0 Å². The highest BCUT2D eigenvalue weighted by molar-refractivity contribution is 9.10. The number of hydrogen-bond acceptors (Lipinski definition) is 5. The minimum atomic E-state index is -0.605. The van der Waals surface area contributed by atoms with Crippen LogP contribution < -0.4 is 11.5 Å². The van der Waals surface area contributed by atoms with E-state index in [0.717, 1.165) is 9.37 Å². The summed E-state index contributed by atoms with van der Waals surface area (Å²) in [7, 11) is 0. The van der Waals surface area contributed by atoms with Gasteiger partial charge < -0.3 is 11.5 Å². The zero-order chi connectivity index (χ0) is 14.7. The third-order valence-electron chi connectivity index (χ3n) is 2.59. The molecular formula is C13H13BrN4OS. The molecule has 0 unspecified atom stereocenters. The van der Waals surface area contributed by atoms with E-state index in [2.05, 4.69) is 25.9 Å². The predicted octanol–water partition coefficient (Wildman–Crippen LogP) is 2.52. The normalized spacial score (nSPS) is 10.5. The Hall–Kier alpha value is -1.60. The Kier molecular flexibility index (Phi) is 4.61. The van der Waals surface area contributed by atoms with Crippen molar-refractivity contribution in [1.29, 1.82) is 0 Å². The first-order valence-electron chi connectivity index (χ1n) is 5.78. The largest absolute Gasteiger partial charge is 0.383 e. The molecule has 104 valence electrons. The second-order valence-corrected chi connectivity index (χ2v) is 6.06. The van der Waals surface area contributed by atoms with Crippen molar-refractivity contribution in [2.24, 2.45) is 5.73 Å². The van der Waals surface area contributed by atoms with Gasteiger partial charge in [0.2, 0.25) is 0 Å². The molecule has 20 heavy (non-hydrogen) atoms. The van der Waals surface area contributed by atoms with E-state index < -0.39 is 5.91 Å². The molecule has 0 saturated heterocycles. The molecule has 0 spiro atoms. The van der Waals surface area contributed by atoms with Gasteiger partial charge in [0.15, 0.2) is 0 Å². The van der Waals surface area contributed by atoms with Crippen LogP contribution in [0.3, 0.4) is 0 Å². The van der Waals surface area contributed by atoms with Crippen molar-refractivity contribution in [3.05, 3.63) is 45.8 Å². The fourth-order valence-corrected chi connectivity index (χ4v) is 2.72. The molecule has 4 N–H and O–H groups in total. The highest BCUT2D eigenvalue weighted by Crippen LogP contribution is 2.24. The minimum Gasteiger partial charge on any atom is -0.383 e. The Morgan fingerprint density at radius 3 is 2.50 bits per heavy atom. The summed E-state index contributed by atoms with van der Waals surface area (Å²) in [6.07, 6.45) is 0. The van der Waals surface area contributed by atoms with Gasteiger partial charge in [0.05, 0.1) is 11.4 Å². The highest BCUT2D eigenvalue weighted by atomic mass is 79.9. The molecule has 0 radical (unpaired) electrons. The van der Waals surface area contributed by atoms with Crippen LogP contribution in [0.15, 0.2) is 33.6 Å². The number of primary amides is 1. The molecule has 5 nitrogen and oxygen atoms in total. The van der Waals surface area contributed by atoms with E-state index in [1.807, 2.05) is 24.3 Å². The first-order chi connectivity index (χ1) is 9.47. The number of halogens is 1. The van der Waals surface area contributed by atoms with Crippen LogP contribution in [-0.2, 0) is 5.75 Å². The number of nitrogens with two attached hydrogens (primary N) is 2. The second kappa shape index (κ2) is 6.23. The van der Waals surface area contributed by atoms with Crippen molar-refractivity contribution >= 4 is 39.4 Å². The van der Waals surface area contributed by atoms with E-state index in [1.54, 1.807) is 18.7 Å². The minimum absolute atomic E-state index is 0.136. The van der Waals surface area contributed by atoms with E-state index in [9.17, 15) is 4.79 Å². The van der Waals surface area contributed by atoms with Crippen molar-refractivity contribution < 1.29 is 4.79 Å². The lowest BCUT2D eigenvalue weighted by Gasteiger charge is -2.07. The maximum absolute atomic E-state index is 11.2. The van der Waals surface area contributed by atoms with Gasteiger partial charge in [0.1, 0.15) is 17.2 Å². The van der Waals surface area contributed by atoms with E-state index in [1.165, 1.54) is 0 Å². The third-order valence-corrected chi connectivity index (χ3v) is 4.13. The first kappa shape index (κ1) is 14.8. The van der Waals surface area contributed by atoms with Gasteiger partial charge in [0.25, 0.3) is 5.91 Å². The maximum Gasteiger partial charge on any atom is 0.254 e. The molecule has 0 aliphatic carbocycles. The molecule has 0 bridgehead atoms. The number of carbonyl (C=O) groups excluding carboxylic acids is 1. The Morgan fingerprint density at radius 2 is 1.95 bits per heavy atom. The number of hydrogen-bond donors (Lipinski definition) is 2. The topological polar surface area (TPSA) is 94.9 Å². The molecule has 2 aromatic rings. The molecular weight excluding hydrogens is 340 g/mol. The Bertz CT molecular complexity index is 622. The fraction of sp³-hybridized carbons (Fsp3) is 0.154. The summed E-state index contributed by atoms with van der Waals surface area (Å²) in [5.74, 6) is 0.688. The van der Waals surface area contributed by atoms with Crippen molar-refractivity contribution in [3.8, 4) is 0 Å². The number of nitrogen functional groups attached to an aromatic ring is 1. The lowest BCUT2D eigenvalue weighted by Crippen LogP contribution is -2.18. The molecule has 1 aromatic carbocycles. The van der Waals surface area contributed by atoms with Crippen LogP contribution in [0.5, 0.6) is 0 Å². The Morgan fingerprint density at radius 1 is 1.30 bits per heavy atom. The number of amides is 1. The number of rotatable bonds is 4. The van der Waals surface area contributed by atoms with Gasteiger partial charge in [-0.1, -0.05) is 15.9 Å². The lowest BCUT2D eigenvalue weighted by molar-refractivity contribution is 0.1000. The van der Waals surface area contributed by atoms with Crippen LogP contribution in [0.1, 0.15) is 21.9 Å². The Labute approximate surface area is 129 Å². The molecule has 0 aliphatic rings. The average Bonchev–Trinajstić information content (AvgIpc) is 2.37. The quantitative estimate of drug-likeness (QED) is 0.824. The highest BCUT2D eigenvalue weighted by Gasteiger charge is 2.14. The van der Waals surface area contributed by atoms with E-state index in [4.69, 9.17) is 11.5 Å². The summed E-state index contributed by atoms with van der Waals surface area (Å²) in [5.41, 5.74) is 11.7. The number of carbonyl (C=O) groups is 1. The summed E-state index contributed by atoms with van der Waals surface area (Å²) in [6, 6.07) is 7.95. The first-order valence-corrected chi connectivity index (χ1v) is 7.56. The van der Waals surface area contributed by atoms with E-state index in [0.29, 0.717) is 17.3 Å². The summed E-state index contributed by atoms with van der Waals surface area (Å²) < 4.78 is 1.03. The summed E-state index contributed by atoms with van der Waals surface area (Å²) >= 11 is 4.98. The summed E-state index contributed by atoms with van der Waals surface area (Å²) in [5, 5.41) is 0. The number of anilines is 1. The van der Waals surface area contributed by atoms with Crippen LogP contribution in [0, 0.1) is 6.92 Å². The van der Waals surface area contributed by atoms with Crippen LogP contribution in [0.4, 0.5) is 5.82 Å². The monoisotopic (exact) mass is 352 g/mol. The molecule has 0 atom stereocenters. The van der Waals surface area contributed by atoms with Crippen molar-refractivity contribution in [2.75, 3.05) is 5.73 Å². The van der Waals surface area contributed by atoms with E-state index in [-0.39, 0.29) is 11.4 Å². The van der Waals surface area contributed by atoms with Crippen LogP contribution in [-0.4, -0.2) is 15.9 Å². The fourth-order valence-electron chi connectivity index (χ4n) is 1.70. The molecule has 0 saturated carbocycles. The molecule has 1 amide bonds. The number of benzene rings is 1. The van der Waals surface area contributed by atoms with Crippen LogP contribution >= 0.6 is 27.7 Å². The molecule has 7 heteroatoms. The molecule has 0 fully saturated rings. The van der Waals surface area contributed by atoms with Crippen LogP contribution in [0.2, 0.25) is 0 Å². The second-order valence-electron chi connectivity index (χ2n) is 4.09.